The highest BCUT2D eigenvalue weighted by atomic mass is 79.9. The molecule has 21 heavy (non-hydrogen) atoms. The highest BCUT2D eigenvalue weighted by Gasteiger charge is 2.20. The number of hydrogen-bond acceptors (Lipinski definition) is 2. The normalized spacial score (nSPS) is 12.7. The second-order valence-corrected chi connectivity index (χ2v) is 7.01. The van der Waals surface area contributed by atoms with E-state index in [1.54, 1.807) is 11.3 Å². The van der Waals surface area contributed by atoms with Crippen molar-refractivity contribution < 1.29 is 0 Å². The quantitative estimate of drug-likeness (QED) is 0.584. The molecule has 1 N–H and O–H groups in total. The lowest BCUT2D eigenvalue weighted by atomic mass is 9.97. The summed E-state index contributed by atoms with van der Waals surface area (Å²) in [5.74, 6) is 0. The third-order valence-electron chi connectivity index (χ3n) is 3.53. The van der Waals surface area contributed by atoms with Gasteiger partial charge in [-0.1, -0.05) is 64.8 Å². The van der Waals surface area contributed by atoms with E-state index in [4.69, 9.17) is 11.6 Å². The third kappa shape index (κ3) is 2.88. The Morgan fingerprint density at radius 1 is 1.14 bits per heavy atom. The van der Waals surface area contributed by atoms with E-state index in [2.05, 4.69) is 64.6 Å². The van der Waals surface area contributed by atoms with E-state index in [-0.39, 0.29) is 6.04 Å². The summed E-state index contributed by atoms with van der Waals surface area (Å²) in [5.41, 5.74) is 1.26. The molecule has 108 valence electrons. The molecule has 0 aliphatic heterocycles. The van der Waals surface area contributed by atoms with E-state index in [9.17, 15) is 0 Å². The fourth-order valence-electron chi connectivity index (χ4n) is 2.60. The lowest BCUT2D eigenvalue weighted by Crippen LogP contribution is -2.21. The van der Waals surface area contributed by atoms with Crippen LogP contribution in [0.1, 0.15) is 23.4 Å². The zero-order valence-corrected chi connectivity index (χ0v) is 14.7. The van der Waals surface area contributed by atoms with Gasteiger partial charge in [-0.15, -0.1) is 11.3 Å². The maximum absolute atomic E-state index is 6.36. The van der Waals surface area contributed by atoms with Gasteiger partial charge in [0.25, 0.3) is 0 Å². The molecule has 0 radical (unpaired) electrons. The maximum Gasteiger partial charge on any atom is 0.0692 e. The molecule has 0 fully saturated rings. The Balaban J connectivity index is 2.21. The lowest BCUT2D eigenvalue weighted by molar-refractivity contribution is 0.643. The minimum Gasteiger partial charge on any atom is -0.306 e. The Kier molecular flexibility index (Phi) is 4.65. The van der Waals surface area contributed by atoms with Gasteiger partial charge >= 0.3 is 0 Å². The van der Waals surface area contributed by atoms with Gasteiger partial charge in [-0.2, -0.15) is 0 Å². The van der Waals surface area contributed by atoms with E-state index in [1.165, 1.54) is 21.2 Å². The van der Waals surface area contributed by atoms with Gasteiger partial charge in [0.15, 0.2) is 0 Å². The van der Waals surface area contributed by atoms with Crippen LogP contribution >= 0.6 is 38.9 Å². The summed E-state index contributed by atoms with van der Waals surface area (Å²) in [6.07, 6.45) is 0. The molecule has 0 amide bonds. The summed E-state index contributed by atoms with van der Waals surface area (Å²) in [7, 11) is 0. The van der Waals surface area contributed by atoms with Crippen molar-refractivity contribution in [2.45, 2.75) is 13.0 Å². The number of halogens is 2. The first-order chi connectivity index (χ1) is 10.2. The molecule has 1 atom stereocenters. The van der Waals surface area contributed by atoms with Crippen LogP contribution < -0.4 is 5.32 Å². The van der Waals surface area contributed by atoms with Crippen molar-refractivity contribution >= 4 is 49.6 Å². The van der Waals surface area contributed by atoms with E-state index < -0.39 is 0 Å². The highest BCUT2D eigenvalue weighted by molar-refractivity contribution is 9.10. The average molecular weight is 381 g/mol. The van der Waals surface area contributed by atoms with Gasteiger partial charge in [-0.3, -0.25) is 0 Å². The SMILES string of the molecule is CCNC(c1sccc1Cl)c1ccc(Br)c2ccccc12. The summed E-state index contributed by atoms with van der Waals surface area (Å²) in [5, 5.41) is 8.92. The van der Waals surface area contributed by atoms with Crippen LogP contribution in [0.25, 0.3) is 10.8 Å². The molecule has 1 unspecified atom stereocenters. The average Bonchev–Trinajstić information content (AvgIpc) is 2.92. The zero-order valence-electron chi connectivity index (χ0n) is 11.6. The molecule has 0 saturated heterocycles. The van der Waals surface area contributed by atoms with Crippen LogP contribution in [0, 0.1) is 0 Å². The first-order valence-electron chi connectivity index (χ1n) is 6.85. The number of rotatable bonds is 4. The van der Waals surface area contributed by atoms with Crippen LogP contribution in [0.5, 0.6) is 0 Å². The third-order valence-corrected chi connectivity index (χ3v) is 5.65. The topological polar surface area (TPSA) is 12.0 Å². The van der Waals surface area contributed by atoms with Crippen molar-refractivity contribution in [3.63, 3.8) is 0 Å². The summed E-state index contributed by atoms with van der Waals surface area (Å²) in [6.45, 7) is 3.01. The molecule has 3 rings (SSSR count). The minimum absolute atomic E-state index is 0.125. The molecule has 0 aliphatic carbocycles. The number of thiophene rings is 1. The van der Waals surface area contributed by atoms with Crippen molar-refractivity contribution in [1.82, 2.24) is 5.32 Å². The molecule has 1 aromatic heterocycles. The van der Waals surface area contributed by atoms with Crippen molar-refractivity contribution in [2.24, 2.45) is 0 Å². The van der Waals surface area contributed by atoms with Gasteiger partial charge in [0.2, 0.25) is 0 Å². The monoisotopic (exact) mass is 379 g/mol. The fourth-order valence-corrected chi connectivity index (χ4v) is 4.33. The molecule has 0 bridgehead atoms. The Bertz CT molecular complexity index is 768. The van der Waals surface area contributed by atoms with Crippen LogP contribution in [0.3, 0.4) is 0 Å². The van der Waals surface area contributed by atoms with Gasteiger partial charge in [0.05, 0.1) is 11.1 Å². The molecular formula is C17H15BrClNS. The first kappa shape index (κ1) is 15.0. The predicted molar refractivity (Wildman–Crippen MR) is 96.5 cm³/mol. The van der Waals surface area contributed by atoms with Crippen LogP contribution in [0.2, 0.25) is 5.02 Å². The van der Waals surface area contributed by atoms with Crippen molar-refractivity contribution in [2.75, 3.05) is 6.54 Å². The summed E-state index contributed by atoms with van der Waals surface area (Å²) in [4.78, 5) is 1.17. The Morgan fingerprint density at radius 3 is 2.57 bits per heavy atom. The van der Waals surface area contributed by atoms with Gasteiger partial charge in [-0.05, 0) is 40.4 Å². The summed E-state index contributed by atoms with van der Waals surface area (Å²) < 4.78 is 1.12. The van der Waals surface area contributed by atoms with Crippen molar-refractivity contribution in [3.8, 4) is 0 Å². The summed E-state index contributed by atoms with van der Waals surface area (Å²) >= 11 is 11.7. The zero-order chi connectivity index (χ0) is 14.8. The second-order valence-electron chi connectivity index (χ2n) is 4.81. The highest BCUT2D eigenvalue weighted by Crippen LogP contribution is 2.37. The van der Waals surface area contributed by atoms with Crippen LogP contribution in [-0.4, -0.2) is 6.54 Å². The van der Waals surface area contributed by atoms with Gasteiger partial charge < -0.3 is 5.32 Å². The van der Waals surface area contributed by atoms with E-state index in [0.717, 1.165) is 16.0 Å². The molecule has 4 heteroatoms. The number of nitrogens with one attached hydrogen (secondary N) is 1. The first-order valence-corrected chi connectivity index (χ1v) is 8.91. The second kappa shape index (κ2) is 6.49. The molecule has 3 aromatic rings. The Morgan fingerprint density at radius 2 is 1.90 bits per heavy atom. The van der Waals surface area contributed by atoms with Crippen molar-refractivity contribution in [3.05, 3.63) is 67.8 Å². The van der Waals surface area contributed by atoms with E-state index in [0.29, 0.717) is 0 Å². The fraction of sp³-hybridized carbons (Fsp3) is 0.176. The smallest absolute Gasteiger partial charge is 0.0692 e. The van der Waals surface area contributed by atoms with E-state index in [1.807, 2.05) is 11.4 Å². The van der Waals surface area contributed by atoms with Gasteiger partial charge in [0, 0.05) is 9.35 Å². The molecule has 2 aromatic carbocycles. The number of hydrogen-bond donors (Lipinski definition) is 1. The Labute approximate surface area is 142 Å². The van der Waals surface area contributed by atoms with Crippen LogP contribution in [-0.2, 0) is 0 Å². The molecule has 1 nitrogen and oxygen atoms in total. The molecular weight excluding hydrogens is 366 g/mol. The molecule has 0 saturated carbocycles. The number of fused-ring (bicyclic) bond motifs is 1. The standard InChI is InChI=1S/C17H15BrClNS/c1-2-20-16(17-15(19)9-10-21-17)13-7-8-14(18)12-6-4-3-5-11(12)13/h3-10,16,20H,2H2,1H3. The van der Waals surface area contributed by atoms with Crippen LogP contribution in [0.15, 0.2) is 52.3 Å². The lowest BCUT2D eigenvalue weighted by Gasteiger charge is -2.20. The molecule has 0 aliphatic rings. The summed E-state index contributed by atoms with van der Waals surface area (Å²) in [6, 6.07) is 14.8. The predicted octanol–water partition coefficient (Wildman–Crippen LogP) is 6.02. The largest absolute Gasteiger partial charge is 0.306 e. The van der Waals surface area contributed by atoms with Gasteiger partial charge in [-0.25, -0.2) is 0 Å². The van der Waals surface area contributed by atoms with Gasteiger partial charge in [0.1, 0.15) is 0 Å². The van der Waals surface area contributed by atoms with E-state index >= 15 is 0 Å². The van der Waals surface area contributed by atoms with Crippen LogP contribution in [0.4, 0.5) is 0 Å². The molecule has 1 heterocycles. The molecule has 0 spiro atoms. The minimum atomic E-state index is 0.125. The maximum atomic E-state index is 6.36. The number of benzene rings is 2. The Hall–Kier alpha value is -0.870. The van der Waals surface area contributed by atoms with Crippen molar-refractivity contribution in [1.29, 1.82) is 0 Å².